The molecule has 2 aliphatic rings. The molecule has 1 aliphatic heterocycles. The maximum absolute atomic E-state index is 13.0. The number of rotatable bonds is 9. The van der Waals surface area contributed by atoms with Gasteiger partial charge in [0, 0.05) is 31.4 Å². The van der Waals surface area contributed by atoms with Gasteiger partial charge in [-0.25, -0.2) is 4.79 Å². The van der Waals surface area contributed by atoms with Crippen molar-refractivity contribution in [3.63, 3.8) is 0 Å². The number of morpholine rings is 1. The van der Waals surface area contributed by atoms with E-state index in [0.29, 0.717) is 45.2 Å². The number of hydrogen-bond acceptors (Lipinski definition) is 5. The lowest BCUT2D eigenvalue weighted by atomic mass is 9.97. The molecule has 8 nitrogen and oxygen atoms in total. The minimum absolute atomic E-state index is 0.0824. The molecule has 31 heavy (non-hydrogen) atoms. The van der Waals surface area contributed by atoms with Crippen molar-refractivity contribution in [3.8, 4) is 5.75 Å². The highest BCUT2D eigenvalue weighted by Gasteiger charge is 2.29. The molecular formula is C23H36N4O4. The second-order valence-electron chi connectivity index (χ2n) is 8.51. The molecule has 0 unspecified atom stereocenters. The summed E-state index contributed by atoms with van der Waals surface area (Å²) >= 11 is 0. The molecule has 0 spiro atoms. The molecule has 172 valence electrons. The number of carbonyl (C=O) groups excluding carboxylic acids is 2. The molecule has 8 heteroatoms. The largest absolute Gasteiger partial charge is 0.497 e. The summed E-state index contributed by atoms with van der Waals surface area (Å²) in [5.41, 5.74) is 0.963. The summed E-state index contributed by atoms with van der Waals surface area (Å²) in [5, 5.41) is 9.39. The van der Waals surface area contributed by atoms with Crippen molar-refractivity contribution in [1.82, 2.24) is 15.5 Å². The lowest BCUT2D eigenvalue weighted by Gasteiger charge is -2.30. The van der Waals surface area contributed by atoms with Crippen LogP contribution in [0.25, 0.3) is 0 Å². The van der Waals surface area contributed by atoms with E-state index in [9.17, 15) is 9.59 Å². The van der Waals surface area contributed by atoms with Gasteiger partial charge in [0.1, 0.15) is 11.8 Å². The van der Waals surface area contributed by atoms with E-state index in [1.165, 1.54) is 12.8 Å². The second kappa shape index (κ2) is 11.8. The molecule has 1 heterocycles. The summed E-state index contributed by atoms with van der Waals surface area (Å²) in [5.74, 6) is 1.18. The van der Waals surface area contributed by atoms with Gasteiger partial charge in [0.05, 0.1) is 20.3 Å². The Morgan fingerprint density at radius 1 is 1.13 bits per heavy atom. The number of amides is 3. The number of carbonyl (C=O) groups is 2. The summed E-state index contributed by atoms with van der Waals surface area (Å²) in [6.45, 7) is 4.76. The fourth-order valence-electron chi connectivity index (χ4n) is 4.19. The minimum atomic E-state index is -0.512. The first kappa shape index (κ1) is 23.2. The lowest BCUT2D eigenvalue weighted by molar-refractivity contribution is -0.123. The van der Waals surface area contributed by atoms with Crippen molar-refractivity contribution in [3.05, 3.63) is 24.3 Å². The van der Waals surface area contributed by atoms with E-state index >= 15 is 0 Å². The van der Waals surface area contributed by atoms with Crippen molar-refractivity contribution in [2.45, 2.75) is 51.1 Å². The topological polar surface area (TPSA) is 91.9 Å². The maximum atomic E-state index is 13.0. The molecule has 2 fully saturated rings. The number of anilines is 1. The van der Waals surface area contributed by atoms with Crippen LogP contribution in [0.3, 0.4) is 0 Å². The van der Waals surface area contributed by atoms with Crippen molar-refractivity contribution in [2.24, 2.45) is 5.92 Å². The second-order valence-corrected chi connectivity index (χ2v) is 8.51. The standard InChI is InChI=1S/C23H36N4O4/c1-17(16-24-19-7-9-20(30-2)10-8-19)25-22(28)21(15-18-5-3-4-6-18)26-23(29)27-11-13-31-14-12-27/h7-10,17-18,21,24H,3-6,11-16H2,1-2H3,(H,25,28)(H,26,29)/t17-,21-/m0/s1. The van der Waals surface area contributed by atoms with E-state index in [1.807, 2.05) is 31.2 Å². The van der Waals surface area contributed by atoms with Crippen LogP contribution in [0.5, 0.6) is 5.75 Å². The summed E-state index contributed by atoms with van der Waals surface area (Å²) in [6.07, 6.45) is 5.37. The SMILES string of the molecule is COc1ccc(NC[C@H](C)NC(=O)[C@H](CC2CCCC2)NC(=O)N2CCOCC2)cc1. The van der Waals surface area contributed by atoms with Crippen LogP contribution < -0.4 is 20.7 Å². The zero-order valence-corrected chi connectivity index (χ0v) is 18.7. The predicted octanol–water partition coefficient (Wildman–Crippen LogP) is 2.60. The normalized spacial score (nSPS) is 18.8. The average molecular weight is 433 g/mol. The molecule has 1 saturated carbocycles. The molecule has 1 aliphatic carbocycles. The number of nitrogens with one attached hydrogen (secondary N) is 3. The van der Waals surface area contributed by atoms with E-state index in [0.717, 1.165) is 24.3 Å². The quantitative estimate of drug-likeness (QED) is 0.558. The first-order valence-corrected chi connectivity index (χ1v) is 11.4. The first-order valence-electron chi connectivity index (χ1n) is 11.4. The predicted molar refractivity (Wildman–Crippen MR) is 120 cm³/mol. The molecule has 1 saturated heterocycles. The molecule has 0 aromatic heterocycles. The monoisotopic (exact) mass is 432 g/mol. The van der Waals surface area contributed by atoms with Crippen molar-refractivity contribution in [1.29, 1.82) is 0 Å². The van der Waals surface area contributed by atoms with Crippen LogP contribution in [0.4, 0.5) is 10.5 Å². The van der Waals surface area contributed by atoms with E-state index in [-0.39, 0.29) is 18.0 Å². The van der Waals surface area contributed by atoms with E-state index in [1.54, 1.807) is 12.0 Å². The third-order valence-electron chi connectivity index (χ3n) is 6.05. The van der Waals surface area contributed by atoms with Gasteiger partial charge in [-0.15, -0.1) is 0 Å². The van der Waals surface area contributed by atoms with Gasteiger partial charge in [-0.1, -0.05) is 25.7 Å². The maximum Gasteiger partial charge on any atom is 0.318 e. The Hall–Kier alpha value is -2.48. The third-order valence-corrected chi connectivity index (χ3v) is 6.05. The van der Waals surface area contributed by atoms with Gasteiger partial charge in [0.15, 0.2) is 0 Å². The molecule has 1 aromatic rings. The minimum Gasteiger partial charge on any atom is -0.497 e. The fourth-order valence-corrected chi connectivity index (χ4v) is 4.19. The number of benzene rings is 1. The highest BCUT2D eigenvalue weighted by molar-refractivity contribution is 5.87. The zero-order valence-electron chi connectivity index (χ0n) is 18.7. The van der Waals surface area contributed by atoms with Crippen molar-refractivity contribution in [2.75, 3.05) is 45.3 Å². The smallest absolute Gasteiger partial charge is 0.318 e. The molecule has 3 amide bonds. The molecule has 3 rings (SSSR count). The number of nitrogens with zero attached hydrogens (tertiary/aromatic N) is 1. The average Bonchev–Trinajstić information content (AvgIpc) is 3.31. The van der Waals surface area contributed by atoms with Gasteiger partial charge >= 0.3 is 6.03 Å². The van der Waals surface area contributed by atoms with Crippen LogP contribution in [0.1, 0.15) is 39.0 Å². The molecule has 2 atom stereocenters. The fraction of sp³-hybridized carbons (Fsp3) is 0.652. The Bertz CT molecular complexity index is 700. The molecule has 0 radical (unpaired) electrons. The first-order chi connectivity index (χ1) is 15.0. The number of hydrogen-bond donors (Lipinski definition) is 3. The van der Waals surface area contributed by atoms with Crippen LogP contribution >= 0.6 is 0 Å². The molecule has 1 aromatic carbocycles. The lowest BCUT2D eigenvalue weighted by Crippen LogP contribution is -2.55. The van der Waals surface area contributed by atoms with Crippen LogP contribution in [0.2, 0.25) is 0 Å². The Morgan fingerprint density at radius 3 is 2.45 bits per heavy atom. The summed E-state index contributed by atoms with van der Waals surface area (Å²) in [4.78, 5) is 27.5. The van der Waals surface area contributed by atoms with Gasteiger partial charge in [-0.05, 0) is 43.5 Å². The molecular weight excluding hydrogens is 396 g/mol. The Labute approximate surface area is 185 Å². The van der Waals surface area contributed by atoms with Gasteiger partial charge in [0.2, 0.25) is 5.91 Å². The Balaban J connectivity index is 1.52. The molecule has 3 N–H and O–H groups in total. The molecule has 0 bridgehead atoms. The van der Waals surface area contributed by atoms with E-state index in [4.69, 9.17) is 9.47 Å². The van der Waals surface area contributed by atoms with Crippen molar-refractivity contribution < 1.29 is 19.1 Å². The Morgan fingerprint density at radius 2 is 1.81 bits per heavy atom. The van der Waals surface area contributed by atoms with E-state index < -0.39 is 6.04 Å². The van der Waals surface area contributed by atoms with Crippen LogP contribution in [-0.2, 0) is 9.53 Å². The van der Waals surface area contributed by atoms with E-state index in [2.05, 4.69) is 16.0 Å². The number of urea groups is 1. The van der Waals surface area contributed by atoms with Crippen LogP contribution in [-0.4, -0.2) is 68.9 Å². The zero-order chi connectivity index (χ0) is 22.1. The number of methoxy groups -OCH3 is 1. The Kier molecular flexibility index (Phi) is 8.82. The van der Waals surface area contributed by atoms with Gasteiger partial charge in [0.25, 0.3) is 0 Å². The van der Waals surface area contributed by atoms with Crippen LogP contribution in [0.15, 0.2) is 24.3 Å². The van der Waals surface area contributed by atoms with Gasteiger partial charge in [-0.2, -0.15) is 0 Å². The highest BCUT2D eigenvalue weighted by Crippen LogP contribution is 2.28. The van der Waals surface area contributed by atoms with Gasteiger partial charge in [-0.3, -0.25) is 4.79 Å². The number of ether oxygens (including phenoxy) is 2. The van der Waals surface area contributed by atoms with Crippen molar-refractivity contribution >= 4 is 17.6 Å². The summed E-state index contributed by atoms with van der Waals surface area (Å²) < 4.78 is 10.5. The van der Waals surface area contributed by atoms with Gasteiger partial charge < -0.3 is 30.3 Å². The third kappa shape index (κ3) is 7.31. The highest BCUT2D eigenvalue weighted by atomic mass is 16.5. The summed E-state index contributed by atoms with van der Waals surface area (Å²) in [6, 6.07) is 6.90. The summed E-state index contributed by atoms with van der Waals surface area (Å²) in [7, 11) is 1.64. The van der Waals surface area contributed by atoms with Crippen LogP contribution in [0, 0.1) is 5.92 Å².